The van der Waals surface area contributed by atoms with Gasteiger partial charge in [0.25, 0.3) is 0 Å². The number of carbonyl (C=O) groups excluding carboxylic acids is 2. The summed E-state index contributed by atoms with van der Waals surface area (Å²) in [7, 11) is 1.45. The second kappa shape index (κ2) is 7.91. The Morgan fingerprint density at radius 1 is 1.19 bits per heavy atom. The molecule has 0 spiro atoms. The van der Waals surface area contributed by atoms with Crippen LogP contribution in [0.5, 0.6) is 0 Å². The fourth-order valence-electron chi connectivity index (χ4n) is 3.69. The number of benzene rings is 1. The number of rotatable bonds is 5. The minimum Gasteiger partial charge on any atom is -0.468 e. The lowest BCUT2D eigenvalue weighted by molar-refractivity contribution is -0.149. The number of carbonyl (C=O) groups is 2. The van der Waals surface area contributed by atoms with Gasteiger partial charge in [0.05, 0.1) is 23.7 Å². The monoisotopic (exact) mass is 367 g/mol. The minimum atomic E-state index is -0.511. The van der Waals surface area contributed by atoms with Gasteiger partial charge in [-0.1, -0.05) is 43.2 Å². The molecule has 1 fully saturated rings. The quantitative estimate of drug-likeness (QED) is 0.722. The summed E-state index contributed by atoms with van der Waals surface area (Å²) in [4.78, 5) is 28.1. The fourth-order valence-corrected chi connectivity index (χ4v) is 3.69. The molecule has 0 unspecified atom stereocenters. The van der Waals surface area contributed by atoms with Crippen LogP contribution >= 0.6 is 0 Å². The Labute approximate surface area is 159 Å². The Kier molecular flexibility index (Phi) is 5.59. The summed E-state index contributed by atoms with van der Waals surface area (Å²) in [5, 5.41) is 1.01. The van der Waals surface area contributed by atoms with E-state index in [4.69, 9.17) is 9.47 Å². The van der Waals surface area contributed by atoms with Crippen molar-refractivity contribution in [3.05, 3.63) is 47.7 Å². The third-order valence-corrected chi connectivity index (χ3v) is 5.18. The second-order valence-corrected chi connectivity index (χ2v) is 7.13. The molecule has 3 rings (SSSR count). The Morgan fingerprint density at radius 3 is 2.56 bits per heavy atom. The molecule has 1 aliphatic rings. The summed E-state index contributed by atoms with van der Waals surface area (Å²) in [5.74, 6) is -0.488. The van der Waals surface area contributed by atoms with Crippen molar-refractivity contribution in [3.63, 3.8) is 0 Å². The van der Waals surface area contributed by atoms with Gasteiger partial charge in [-0.3, -0.25) is 9.59 Å². The van der Waals surface area contributed by atoms with E-state index in [0.717, 1.165) is 42.1 Å². The van der Waals surface area contributed by atoms with Crippen LogP contribution in [-0.2, 0) is 19.1 Å². The highest BCUT2D eigenvalue weighted by Gasteiger charge is 2.39. The maximum Gasteiger partial charge on any atom is 0.315 e. The number of hydrogen-bond donors (Lipinski definition) is 0. The topological polar surface area (TPSA) is 65.5 Å². The molecule has 0 bridgehead atoms. The van der Waals surface area contributed by atoms with E-state index in [-0.39, 0.29) is 11.9 Å². The van der Waals surface area contributed by atoms with Crippen LogP contribution in [0, 0.1) is 5.41 Å². The van der Waals surface area contributed by atoms with Gasteiger partial charge in [-0.15, -0.1) is 0 Å². The number of ether oxygens (including phenoxy) is 2. The first-order valence-electron chi connectivity index (χ1n) is 9.29. The maximum atomic E-state index is 12.3. The van der Waals surface area contributed by atoms with E-state index in [1.54, 1.807) is 6.92 Å². The Bertz CT molecular complexity index is 881. The third kappa shape index (κ3) is 4.18. The lowest BCUT2D eigenvalue weighted by Gasteiger charge is -2.21. The van der Waals surface area contributed by atoms with Crippen molar-refractivity contribution in [1.29, 1.82) is 0 Å². The molecule has 1 aromatic heterocycles. The van der Waals surface area contributed by atoms with Crippen LogP contribution < -0.4 is 0 Å². The SMILES string of the molecule is COC(=O)C1(/C=C/c2ccc3ccc([C@@H](C)OC(C)=O)nc3c2)CCCC1. The third-order valence-electron chi connectivity index (χ3n) is 5.18. The lowest BCUT2D eigenvalue weighted by Crippen LogP contribution is -2.26. The van der Waals surface area contributed by atoms with E-state index in [2.05, 4.69) is 4.98 Å². The summed E-state index contributed by atoms with van der Waals surface area (Å²) >= 11 is 0. The predicted octanol–water partition coefficient (Wildman–Crippen LogP) is 4.61. The zero-order chi connectivity index (χ0) is 19.4. The van der Waals surface area contributed by atoms with Gasteiger partial charge in [-0.2, -0.15) is 0 Å². The number of esters is 2. The molecule has 1 saturated carbocycles. The van der Waals surface area contributed by atoms with Gasteiger partial charge in [-0.05, 0) is 37.5 Å². The van der Waals surface area contributed by atoms with E-state index in [1.165, 1.54) is 14.0 Å². The number of methoxy groups -OCH3 is 1. The molecule has 5 nitrogen and oxygen atoms in total. The van der Waals surface area contributed by atoms with E-state index in [0.29, 0.717) is 5.69 Å². The Morgan fingerprint density at radius 2 is 1.89 bits per heavy atom. The van der Waals surface area contributed by atoms with Crippen molar-refractivity contribution in [1.82, 2.24) is 4.98 Å². The molecule has 1 aliphatic carbocycles. The van der Waals surface area contributed by atoms with Gasteiger partial charge >= 0.3 is 11.9 Å². The highest BCUT2D eigenvalue weighted by atomic mass is 16.5. The van der Waals surface area contributed by atoms with Crippen LogP contribution in [0.15, 0.2) is 36.4 Å². The first-order chi connectivity index (χ1) is 12.9. The number of fused-ring (bicyclic) bond motifs is 1. The zero-order valence-corrected chi connectivity index (χ0v) is 16.0. The molecule has 1 atom stereocenters. The van der Waals surface area contributed by atoms with Crippen LogP contribution in [-0.4, -0.2) is 24.0 Å². The van der Waals surface area contributed by atoms with Crippen LogP contribution in [0.3, 0.4) is 0 Å². The van der Waals surface area contributed by atoms with Gasteiger partial charge in [0.2, 0.25) is 0 Å². The summed E-state index contributed by atoms with van der Waals surface area (Å²) in [6.07, 6.45) is 7.29. The number of aromatic nitrogens is 1. The molecule has 0 aliphatic heterocycles. The van der Waals surface area contributed by atoms with Crippen LogP contribution in [0.4, 0.5) is 0 Å². The van der Waals surface area contributed by atoms with Crippen molar-refractivity contribution in [3.8, 4) is 0 Å². The van der Waals surface area contributed by atoms with Crippen molar-refractivity contribution in [2.45, 2.75) is 45.6 Å². The highest BCUT2D eigenvalue weighted by molar-refractivity contribution is 5.83. The average molecular weight is 367 g/mol. The van der Waals surface area contributed by atoms with Crippen molar-refractivity contribution in [2.24, 2.45) is 5.41 Å². The van der Waals surface area contributed by atoms with Gasteiger partial charge in [-0.25, -0.2) is 4.98 Å². The second-order valence-electron chi connectivity index (χ2n) is 7.13. The molecule has 0 amide bonds. The fraction of sp³-hybridized carbons (Fsp3) is 0.409. The first kappa shape index (κ1) is 19.1. The normalized spacial score (nSPS) is 17.1. The molecule has 0 saturated heterocycles. The van der Waals surface area contributed by atoms with Crippen molar-refractivity contribution >= 4 is 28.9 Å². The van der Waals surface area contributed by atoms with E-state index < -0.39 is 11.5 Å². The lowest BCUT2D eigenvalue weighted by atomic mass is 9.85. The maximum absolute atomic E-state index is 12.3. The van der Waals surface area contributed by atoms with E-state index >= 15 is 0 Å². The summed E-state index contributed by atoms with van der Waals surface area (Å²) in [6, 6.07) is 9.83. The molecule has 2 aromatic rings. The minimum absolute atomic E-state index is 0.160. The summed E-state index contributed by atoms with van der Waals surface area (Å²) in [5.41, 5.74) is 2.00. The van der Waals surface area contributed by atoms with E-state index in [1.807, 2.05) is 42.5 Å². The van der Waals surface area contributed by atoms with Crippen LogP contribution in [0.2, 0.25) is 0 Å². The standard InChI is InChI=1S/C22H25NO4/c1-15(27-16(2)24)19-9-8-18-7-6-17(14-20(18)23-19)10-13-22(21(25)26-3)11-4-5-12-22/h6-10,13-15H,4-5,11-12H2,1-3H3/b13-10+/t15-/m1/s1. The molecular weight excluding hydrogens is 342 g/mol. The Hall–Kier alpha value is -2.69. The molecule has 1 heterocycles. The molecular formula is C22H25NO4. The van der Waals surface area contributed by atoms with Gasteiger partial charge in [0, 0.05) is 12.3 Å². The smallest absolute Gasteiger partial charge is 0.315 e. The number of nitrogens with zero attached hydrogens (tertiary/aromatic N) is 1. The molecule has 0 radical (unpaired) electrons. The number of pyridine rings is 1. The Balaban J connectivity index is 1.89. The largest absolute Gasteiger partial charge is 0.468 e. The van der Waals surface area contributed by atoms with Gasteiger partial charge in [0.15, 0.2) is 0 Å². The first-order valence-corrected chi connectivity index (χ1v) is 9.29. The highest BCUT2D eigenvalue weighted by Crippen LogP contribution is 2.41. The van der Waals surface area contributed by atoms with Crippen LogP contribution in [0.1, 0.15) is 56.9 Å². The molecule has 1 aromatic carbocycles. The molecule has 0 N–H and O–H groups in total. The van der Waals surface area contributed by atoms with Gasteiger partial charge in [0.1, 0.15) is 6.10 Å². The number of hydrogen-bond acceptors (Lipinski definition) is 5. The summed E-state index contributed by atoms with van der Waals surface area (Å²) in [6.45, 7) is 3.19. The van der Waals surface area contributed by atoms with Gasteiger partial charge < -0.3 is 9.47 Å². The van der Waals surface area contributed by atoms with Crippen molar-refractivity contribution < 1.29 is 19.1 Å². The van der Waals surface area contributed by atoms with Crippen molar-refractivity contribution in [2.75, 3.05) is 7.11 Å². The predicted molar refractivity (Wildman–Crippen MR) is 104 cm³/mol. The molecule has 27 heavy (non-hydrogen) atoms. The molecule has 5 heteroatoms. The molecule has 142 valence electrons. The average Bonchev–Trinajstić information content (AvgIpc) is 3.14. The van der Waals surface area contributed by atoms with Crippen LogP contribution in [0.25, 0.3) is 17.0 Å². The van der Waals surface area contributed by atoms with E-state index in [9.17, 15) is 9.59 Å². The zero-order valence-electron chi connectivity index (χ0n) is 16.0. The summed E-state index contributed by atoms with van der Waals surface area (Å²) < 4.78 is 10.2.